The van der Waals surface area contributed by atoms with E-state index in [0.29, 0.717) is 13.1 Å². The molecule has 0 spiro atoms. The van der Waals surface area contributed by atoms with Gasteiger partial charge in [0.1, 0.15) is 5.82 Å². The highest BCUT2D eigenvalue weighted by Gasteiger charge is 2.37. The molecule has 21 heavy (non-hydrogen) atoms. The zero-order valence-corrected chi connectivity index (χ0v) is 13.9. The van der Waals surface area contributed by atoms with Crippen LogP contribution in [0.5, 0.6) is 0 Å². The Kier molecular flexibility index (Phi) is 4.53. The maximum atomic E-state index is 12.4. The second-order valence-corrected chi connectivity index (χ2v) is 9.12. The van der Waals surface area contributed by atoms with Crippen LogP contribution in [0.15, 0.2) is 12.4 Å². The molecule has 0 bridgehead atoms. The molecule has 0 amide bonds. The normalized spacial score (nSPS) is 18.7. The third-order valence-corrected chi connectivity index (χ3v) is 6.38. The molecule has 1 fully saturated rings. The minimum Gasteiger partial charge on any atom is -0.366 e. The molecule has 1 saturated heterocycles. The van der Waals surface area contributed by atoms with Crippen LogP contribution in [-0.4, -0.2) is 46.6 Å². The first-order valence-electron chi connectivity index (χ1n) is 7.25. The smallest absolute Gasteiger partial charge is 0.219 e. The fourth-order valence-corrected chi connectivity index (χ4v) is 3.84. The average molecular weight is 312 g/mol. The molecule has 0 radical (unpaired) electrons. The predicted molar refractivity (Wildman–Crippen MR) is 83.7 cm³/mol. The Labute approximate surface area is 127 Å². The summed E-state index contributed by atoms with van der Waals surface area (Å²) in [6.07, 6.45) is 4.89. The lowest BCUT2D eigenvalue weighted by Gasteiger charge is -2.35. The topological polar surface area (TPSA) is 75.2 Å². The van der Waals surface area contributed by atoms with Crippen molar-refractivity contribution in [2.45, 2.75) is 51.3 Å². The van der Waals surface area contributed by atoms with E-state index in [9.17, 15) is 8.42 Å². The second kappa shape index (κ2) is 5.88. The molecule has 2 rings (SSSR count). The Morgan fingerprint density at radius 3 is 2.29 bits per heavy atom. The van der Waals surface area contributed by atoms with E-state index in [1.54, 1.807) is 37.5 Å². The van der Waals surface area contributed by atoms with Crippen molar-refractivity contribution < 1.29 is 8.42 Å². The van der Waals surface area contributed by atoms with Gasteiger partial charge in [0, 0.05) is 31.5 Å². The van der Waals surface area contributed by atoms with Gasteiger partial charge in [0.05, 0.1) is 10.4 Å². The van der Waals surface area contributed by atoms with Gasteiger partial charge in [-0.05, 0) is 40.5 Å². The van der Waals surface area contributed by atoms with Gasteiger partial charge in [-0.25, -0.2) is 17.7 Å². The molecule has 1 N–H and O–H groups in total. The van der Waals surface area contributed by atoms with Gasteiger partial charge in [0.25, 0.3) is 0 Å². The summed E-state index contributed by atoms with van der Waals surface area (Å²) in [5, 5.41) is 3.36. The number of aryl methyl sites for hydroxylation is 1. The fourth-order valence-electron chi connectivity index (χ4n) is 2.37. The molecule has 0 atom stereocenters. The number of hydrogen-bond acceptors (Lipinski definition) is 5. The number of aromatic nitrogens is 2. The highest BCUT2D eigenvalue weighted by atomic mass is 32.2. The van der Waals surface area contributed by atoms with Crippen LogP contribution in [0.25, 0.3) is 0 Å². The largest absolute Gasteiger partial charge is 0.366 e. The molecule has 2 heterocycles. The van der Waals surface area contributed by atoms with Crippen LogP contribution >= 0.6 is 0 Å². The molecule has 6 nitrogen and oxygen atoms in total. The summed E-state index contributed by atoms with van der Waals surface area (Å²) in [5.41, 5.74) is 0.863. The fraction of sp³-hybridized carbons (Fsp3) is 0.714. The third-order valence-electron chi connectivity index (χ3n) is 3.79. The number of nitrogens with one attached hydrogen (secondary N) is 1. The molecular weight excluding hydrogens is 288 g/mol. The average Bonchev–Trinajstić information content (AvgIpc) is 2.41. The van der Waals surface area contributed by atoms with Gasteiger partial charge < -0.3 is 5.32 Å². The van der Waals surface area contributed by atoms with Crippen molar-refractivity contribution in [3.8, 4) is 0 Å². The van der Waals surface area contributed by atoms with Crippen LogP contribution in [0.4, 0.5) is 5.82 Å². The summed E-state index contributed by atoms with van der Waals surface area (Å²) in [4.78, 5) is 8.47. The molecule has 0 aromatic carbocycles. The van der Waals surface area contributed by atoms with Gasteiger partial charge in [-0.3, -0.25) is 4.98 Å². The van der Waals surface area contributed by atoms with Crippen LogP contribution < -0.4 is 5.32 Å². The SMILES string of the molecule is Cc1nccnc1NC1CCN(S(=O)(=O)C(C)(C)C)CC1. The van der Waals surface area contributed by atoms with E-state index in [-0.39, 0.29) is 6.04 Å². The Morgan fingerprint density at radius 2 is 1.76 bits per heavy atom. The molecule has 0 unspecified atom stereocenters. The number of piperidine rings is 1. The van der Waals surface area contributed by atoms with Crippen molar-refractivity contribution in [2.24, 2.45) is 0 Å². The van der Waals surface area contributed by atoms with E-state index < -0.39 is 14.8 Å². The summed E-state index contributed by atoms with van der Waals surface area (Å²) >= 11 is 0. The van der Waals surface area contributed by atoms with Crippen molar-refractivity contribution in [1.82, 2.24) is 14.3 Å². The van der Waals surface area contributed by atoms with Gasteiger partial charge >= 0.3 is 0 Å². The van der Waals surface area contributed by atoms with E-state index in [1.165, 1.54) is 0 Å². The number of anilines is 1. The van der Waals surface area contributed by atoms with Crippen molar-refractivity contribution in [1.29, 1.82) is 0 Å². The Balaban J connectivity index is 1.97. The zero-order chi connectivity index (χ0) is 15.7. The Hall–Kier alpha value is -1.21. The Bertz CT molecular complexity index is 587. The summed E-state index contributed by atoms with van der Waals surface area (Å²) < 4.78 is 25.7. The van der Waals surface area contributed by atoms with Crippen LogP contribution in [0.1, 0.15) is 39.3 Å². The molecule has 1 aliphatic rings. The number of rotatable bonds is 3. The van der Waals surface area contributed by atoms with E-state index in [2.05, 4.69) is 15.3 Å². The van der Waals surface area contributed by atoms with E-state index >= 15 is 0 Å². The van der Waals surface area contributed by atoms with Gasteiger partial charge in [0.2, 0.25) is 10.0 Å². The van der Waals surface area contributed by atoms with Crippen LogP contribution in [0, 0.1) is 6.92 Å². The number of hydrogen-bond donors (Lipinski definition) is 1. The molecule has 1 aliphatic heterocycles. The Morgan fingerprint density at radius 1 is 1.19 bits per heavy atom. The predicted octanol–water partition coefficient (Wildman–Crippen LogP) is 1.79. The lowest BCUT2D eigenvalue weighted by molar-refractivity contribution is 0.321. The van der Waals surface area contributed by atoms with Gasteiger partial charge in [-0.2, -0.15) is 0 Å². The number of nitrogens with zero attached hydrogens (tertiary/aromatic N) is 3. The molecule has 0 saturated carbocycles. The maximum absolute atomic E-state index is 12.4. The van der Waals surface area contributed by atoms with Crippen molar-refractivity contribution in [3.05, 3.63) is 18.1 Å². The van der Waals surface area contributed by atoms with Gasteiger partial charge in [-0.1, -0.05) is 0 Å². The van der Waals surface area contributed by atoms with E-state index in [1.807, 2.05) is 6.92 Å². The first kappa shape index (κ1) is 16.2. The molecule has 0 aliphatic carbocycles. The minimum absolute atomic E-state index is 0.242. The monoisotopic (exact) mass is 312 g/mol. The van der Waals surface area contributed by atoms with Crippen LogP contribution in [0.2, 0.25) is 0 Å². The second-order valence-electron chi connectivity index (χ2n) is 6.43. The highest BCUT2D eigenvalue weighted by molar-refractivity contribution is 7.90. The quantitative estimate of drug-likeness (QED) is 0.921. The van der Waals surface area contributed by atoms with Crippen LogP contribution in [0.3, 0.4) is 0 Å². The van der Waals surface area contributed by atoms with E-state index in [0.717, 1.165) is 24.4 Å². The first-order valence-corrected chi connectivity index (χ1v) is 8.69. The molecular formula is C14H24N4O2S. The molecule has 1 aromatic rings. The number of sulfonamides is 1. The lowest BCUT2D eigenvalue weighted by atomic mass is 10.1. The van der Waals surface area contributed by atoms with Crippen LogP contribution in [-0.2, 0) is 10.0 Å². The van der Waals surface area contributed by atoms with Crippen molar-refractivity contribution in [3.63, 3.8) is 0 Å². The molecule has 7 heteroatoms. The minimum atomic E-state index is -3.23. The van der Waals surface area contributed by atoms with Gasteiger partial charge in [-0.15, -0.1) is 0 Å². The zero-order valence-electron chi connectivity index (χ0n) is 13.1. The summed E-state index contributed by atoms with van der Waals surface area (Å²) in [7, 11) is -3.23. The van der Waals surface area contributed by atoms with Crippen molar-refractivity contribution in [2.75, 3.05) is 18.4 Å². The van der Waals surface area contributed by atoms with Crippen molar-refractivity contribution >= 4 is 15.8 Å². The highest BCUT2D eigenvalue weighted by Crippen LogP contribution is 2.25. The third kappa shape index (κ3) is 3.52. The van der Waals surface area contributed by atoms with E-state index in [4.69, 9.17) is 0 Å². The summed E-state index contributed by atoms with van der Waals surface area (Å²) in [5.74, 6) is 0.787. The molecule has 118 valence electrons. The molecule has 1 aromatic heterocycles. The summed E-state index contributed by atoms with van der Waals surface area (Å²) in [6.45, 7) is 8.25. The van der Waals surface area contributed by atoms with Gasteiger partial charge in [0.15, 0.2) is 0 Å². The first-order chi connectivity index (χ1) is 9.72. The lowest BCUT2D eigenvalue weighted by Crippen LogP contribution is -2.48. The summed E-state index contributed by atoms with van der Waals surface area (Å²) in [6, 6.07) is 0.242. The standard InChI is InChI=1S/C14H24N4O2S/c1-11-13(16-8-7-15-11)17-12-5-9-18(10-6-12)21(19,20)14(2,3)4/h7-8,12H,5-6,9-10H2,1-4H3,(H,16,17). The maximum Gasteiger partial charge on any atom is 0.219 e.